The van der Waals surface area contributed by atoms with Gasteiger partial charge in [0.15, 0.2) is 0 Å². The summed E-state index contributed by atoms with van der Waals surface area (Å²) in [4.78, 5) is 21.1. The molecule has 1 aliphatic rings. The van der Waals surface area contributed by atoms with E-state index < -0.39 is 23.4 Å². The third-order valence-corrected chi connectivity index (χ3v) is 1.37. The summed E-state index contributed by atoms with van der Waals surface area (Å²) in [5, 5.41) is 29.9. The molecule has 0 spiro atoms. The Morgan fingerprint density at radius 1 is 1.58 bits per heavy atom. The van der Waals surface area contributed by atoms with Gasteiger partial charge in [-0.15, -0.1) is 0 Å². The topological polar surface area (TPSA) is 110 Å². The lowest BCUT2D eigenvalue weighted by Crippen LogP contribution is -2.48. The molecule has 7 heteroatoms. The van der Waals surface area contributed by atoms with Crippen LogP contribution in [0.25, 0.3) is 0 Å². The molecule has 66 valence electrons. The molecule has 3 N–H and O–H groups in total. The minimum absolute atomic E-state index is 0.559. The first kappa shape index (κ1) is 8.62. The second-order valence-electron chi connectivity index (χ2n) is 2.25. The third kappa shape index (κ3) is 0.953. The Balaban J connectivity index is 3.11. The lowest BCUT2D eigenvalue weighted by atomic mass is 10.1. The molecule has 0 atom stereocenters. The molecule has 1 aliphatic heterocycles. The predicted octanol–water partition coefficient (Wildman–Crippen LogP) is -2.42. The molecular formula is C5H6N2O5. The van der Waals surface area contributed by atoms with Gasteiger partial charge in [0.05, 0.1) is 0 Å². The van der Waals surface area contributed by atoms with E-state index in [1.165, 1.54) is 0 Å². The maximum Gasteiger partial charge on any atom is 0.358 e. The zero-order valence-corrected chi connectivity index (χ0v) is 6.05. The van der Waals surface area contributed by atoms with E-state index in [-0.39, 0.29) is 0 Å². The molecule has 1 rings (SSSR count). The number of hydrogen-bond donors (Lipinski definition) is 3. The number of aliphatic hydroxyl groups is 2. The zero-order valence-electron chi connectivity index (χ0n) is 6.05. The summed E-state index contributed by atoms with van der Waals surface area (Å²) in [7, 11) is 1.12. The summed E-state index contributed by atoms with van der Waals surface area (Å²) in [5.74, 6) is -5.82. The average Bonchev–Trinajstić information content (AvgIpc) is 2.13. The largest absolute Gasteiger partial charge is 0.477 e. The van der Waals surface area contributed by atoms with E-state index in [0.717, 1.165) is 7.05 Å². The molecule has 7 nitrogen and oxygen atoms in total. The minimum Gasteiger partial charge on any atom is -0.477 e. The number of carbonyl (C=O) groups is 2. The van der Waals surface area contributed by atoms with Gasteiger partial charge in [0.1, 0.15) is 0 Å². The molecular weight excluding hydrogens is 168 g/mol. The van der Waals surface area contributed by atoms with E-state index in [0.29, 0.717) is 5.01 Å². The summed E-state index contributed by atoms with van der Waals surface area (Å²) in [6.07, 6.45) is 0. The molecule has 0 aromatic heterocycles. The van der Waals surface area contributed by atoms with Gasteiger partial charge >= 0.3 is 17.7 Å². The van der Waals surface area contributed by atoms with E-state index in [4.69, 9.17) is 15.3 Å². The monoisotopic (exact) mass is 174 g/mol. The molecule has 0 saturated carbocycles. The van der Waals surface area contributed by atoms with Crippen LogP contribution in [0.3, 0.4) is 0 Å². The SMILES string of the molecule is CN1N=C(C(=O)O)C(O)(O)C1=O. The number of carboxylic acids is 1. The highest BCUT2D eigenvalue weighted by molar-refractivity contribution is 6.44. The molecule has 12 heavy (non-hydrogen) atoms. The molecule has 0 aliphatic carbocycles. The van der Waals surface area contributed by atoms with Crippen molar-refractivity contribution < 1.29 is 24.9 Å². The van der Waals surface area contributed by atoms with Gasteiger partial charge in [-0.05, 0) is 0 Å². The van der Waals surface area contributed by atoms with Crippen molar-refractivity contribution in [3.63, 3.8) is 0 Å². The van der Waals surface area contributed by atoms with Crippen LogP contribution in [-0.2, 0) is 9.59 Å². The van der Waals surface area contributed by atoms with Crippen molar-refractivity contribution in [2.75, 3.05) is 7.05 Å². The maximum atomic E-state index is 10.8. The number of carboxylic acid groups (broad SMARTS) is 1. The zero-order chi connectivity index (χ0) is 9.52. The van der Waals surface area contributed by atoms with Gasteiger partial charge in [0.2, 0.25) is 5.71 Å². The normalized spacial score (nSPS) is 21.1. The molecule has 1 heterocycles. The molecule has 1 amide bonds. The van der Waals surface area contributed by atoms with Crippen molar-refractivity contribution in [3.8, 4) is 0 Å². The number of amides is 1. The fourth-order valence-corrected chi connectivity index (χ4v) is 0.784. The van der Waals surface area contributed by atoms with Gasteiger partial charge in [-0.25, -0.2) is 9.80 Å². The van der Waals surface area contributed by atoms with Crippen molar-refractivity contribution in [2.24, 2.45) is 5.10 Å². The number of likely N-dealkylation sites (N-methyl/N-ethyl adjacent to an activating group) is 1. The number of rotatable bonds is 1. The first-order valence-corrected chi connectivity index (χ1v) is 2.92. The van der Waals surface area contributed by atoms with E-state index in [9.17, 15) is 9.59 Å². The maximum absolute atomic E-state index is 10.8. The Hall–Kier alpha value is -1.47. The smallest absolute Gasteiger partial charge is 0.358 e. The summed E-state index contributed by atoms with van der Waals surface area (Å²) < 4.78 is 0. The average molecular weight is 174 g/mol. The van der Waals surface area contributed by atoms with Crippen LogP contribution in [0.2, 0.25) is 0 Å². The molecule has 0 unspecified atom stereocenters. The van der Waals surface area contributed by atoms with Crippen molar-refractivity contribution >= 4 is 17.6 Å². The van der Waals surface area contributed by atoms with Crippen molar-refractivity contribution in [1.82, 2.24) is 5.01 Å². The Labute approximate surface area is 66.5 Å². The first-order chi connectivity index (χ1) is 5.37. The van der Waals surface area contributed by atoms with E-state index in [1.807, 2.05) is 0 Å². The number of hydrogen-bond acceptors (Lipinski definition) is 5. The van der Waals surface area contributed by atoms with Crippen molar-refractivity contribution in [3.05, 3.63) is 0 Å². The number of hydrazone groups is 1. The summed E-state index contributed by atoms with van der Waals surface area (Å²) >= 11 is 0. The third-order valence-electron chi connectivity index (χ3n) is 1.37. The van der Waals surface area contributed by atoms with Gasteiger partial charge < -0.3 is 15.3 Å². The summed E-state index contributed by atoms with van der Waals surface area (Å²) in [5.41, 5.74) is -0.991. The molecule has 0 aromatic carbocycles. The molecule has 0 aromatic rings. The fourth-order valence-electron chi connectivity index (χ4n) is 0.784. The highest BCUT2D eigenvalue weighted by Crippen LogP contribution is 2.15. The van der Waals surface area contributed by atoms with Crippen molar-refractivity contribution in [2.45, 2.75) is 5.79 Å². The Kier molecular flexibility index (Phi) is 1.62. The molecule has 0 radical (unpaired) electrons. The minimum atomic E-state index is -3.00. The van der Waals surface area contributed by atoms with E-state index in [1.54, 1.807) is 0 Å². The first-order valence-electron chi connectivity index (χ1n) is 2.92. The van der Waals surface area contributed by atoms with Crippen LogP contribution in [-0.4, -0.2) is 50.8 Å². The Bertz CT molecular complexity index is 282. The highest BCUT2D eigenvalue weighted by atomic mass is 16.5. The fraction of sp³-hybridized carbons (Fsp3) is 0.400. The standard InChI is InChI=1S/C5H6N2O5/c1-7-4(10)5(11,12)2(6-7)3(8)9/h11-12H,1H3,(H,8,9). The molecule has 0 bridgehead atoms. The second-order valence-corrected chi connectivity index (χ2v) is 2.25. The number of nitrogens with zero attached hydrogens (tertiary/aromatic N) is 2. The van der Waals surface area contributed by atoms with Gasteiger partial charge in [-0.1, -0.05) is 0 Å². The molecule has 0 saturated heterocycles. The van der Waals surface area contributed by atoms with Crippen LogP contribution in [0.5, 0.6) is 0 Å². The number of carbonyl (C=O) groups excluding carboxylic acids is 1. The quantitative estimate of drug-likeness (QED) is 0.383. The molecule has 0 fully saturated rings. The predicted molar refractivity (Wildman–Crippen MR) is 35.0 cm³/mol. The van der Waals surface area contributed by atoms with E-state index >= 15 is 0 Å². The number of aliphatic carboxylic acids is 1. The van der Waals surface area contributed by atoms with Gasteiger partial charge in [0.25, 0.3) is 0 Å². The van der Waals surface area contributed by atoms with Gasteiger partial charge in [-0.2, -0.15) is 5.10 Å². The lowest BCUT2D eigenvalue weighted by molar-refractivity contribution is -0.168. The Morgan fingerprint density at radius 2 is 2.08 bits per heavy atom. The summed E-state index contributed by atoms with van der Waals surface area (Å²) in [6, 6.07) is 0. The van der Waals surface area contributed by atoms with Crippen molar-refractivity contribution in [1.29, 1.82) is 0 Å². The van der Waals surface area contributed by atoms with Crippen LogP contribution in [0.1, 0.15) is 0 Å². The van der Waals surface area contributed by atoms with Crippen LogP contribution >= 0.6 is 0 Å². The lowest BCUT2D eigenvalue weighted by Gasteiger charge is -2.12. The second kappa shape index (κ2) is 2.26. The summed E-state index contributed by atoms with van der Waals surface area (Å²) in [6.45, 7) is 0. The highest BCUT2D eigenvalue weighted by Gasteiger charge is 2.51. The van der Waals surface area contributed by atoms with Crippen LogP contribution < -0.4 is 0 Å². The van der Waals surface area contributed by atoms with Crippen LogP contribution in [0, 0.1) is 0 Å². The van der Waals surface area contributed by atoms with Gasteiger partial charge in [0, 0.05) is 7.05 Å². The Morgan fingerprint density at radius 3 is 2.25 bits per heavy atom. The van der Waals surface area contributed by atoms with Crippen LogP contribution in [0.4, 0.5) is 0 Å². The van der Waals surface area contributed by atoms with Crippen LogP contribution in [0.15, 0.2) is 5.10 Å². The van der Waals surface area contributed by atoms with E-state index in [2.05, 4.69) is 5.10 Å². The van der Waals surface area contributed by atoms with Gasteiger partial charge in [-0.3, -0.25) is 4.79 Å².